The quantitative estimate of drug-likeness (QED) is 0.737. The molecule has 0 aromatic heterocycles. The normalized spacial score (nSPS) is 31.4. The van der Waals surface area contributed by atoms with Crippen LogP contribution in [0.25, 0.3) is 0 Å². The van der Waals surface area contributed by atoms with Crippen molar-refractivity contribution in [1.29, 1.82) is 0 Å². The zero-order valence-corrected chi connectivity index (χ0v) is 12.5. The third-order valence-electron chi connectivity index (χ3n) is 3.96. The molecule has 0 aromatic carbocycles. The first kappa shape index (κ1) is 16.0. The third kappa shape index (κ3) is 3.48. The summed E-state index contributed by atoms with van der Waals surface area (Å²) < 4.78 is 9.98. The molecule has 2 saturated carbocycles. The summed E-state index contributed by atoms with van der Waals surface area (Å²) in [5.74, 6) is -0.00777. The molecular formula is C15H26O4. The van der Waals surface area contributed by atoms with Crippen LogP contribution < -0.4 is 0 Å². The van der Waals surface area contributed by atoms with Crippen LogP contribution in [0.2, 0.25) is 0 Å². The summed E-state index contributed by atoms with van der Waals surface area (Å²) in [4.78, 5) is 22.9. The Hall–Kier alpha value is -1.06. The van der Waals surface area contributed by atoms with E-state index in [1.807, 2.05) is 27.7 Å². The predicted molar refractivity (Wildman–Crippen MR) is 72.5 cm³/mol. The van der Waals surface area contributed by atoms with Crippen molar-refractivity contribution >= 4 is 11.9 Å². The first-order chi connectivity index (χ1) is 9.10. The largest absolute Gasteiger partial charge is 0.466 e. The van der Waals surface area contributed by atoms with E-state index in [-0.39, 0.29) is 29.2 Å². The van der Waals surface area contributed by atoms with E-state index in [0.29, 0.717) is 13.2 Å². The van der Waals surface area contributed by atoms with Crippen LogP contribution in [-0.2, 0) is 19.1 Å². The Morgan fingerprint density at radius 3 is 1.47 bits per heavy atom. The summed E-state index contributed by atoms with van der Waals surface area (Å²) >= 11 is 0. The second kappa shape index (κ2) is 6.92. The Balaban J connectivity index is 0.000000861. The first-order valence-corrected chi connectivity index (χ1v) is 7.43. The minimum absolute atomic E-state index is 0.0677. The van der Waals surface area contributed by atoms with E-state index < -0.39 is 0 Å². The molecule has 2 aliphatic rings. The van der Waals surface area contributed by atoms with Crippen LogP contribution in [0.5, 0.6) is 0 Å². The van der Waals surface area contributed by atoms with E-state index in [1.54, 1.807) is 0 Å². The Bertz CT molecular complexity index is 277. The molecule has 0 saturated heterocycles. The molecule has 0 aliphatic heterocycles. The monoisotopic (exact) mass is 270 g/mol. The van der Waals surface area contributed by atoms with Gasteiger partial charge in [-0.25, -0.2) is 0 Å². The maximum atomic E-state index is 11.5. The maximum absolute atomic E-state index is 11.5. The zero-order chi connectivity index (χ0) is 14.5. The smallest absolute Gasteiger partial charge is 0.308 e. The Morgan fingerprint density at radius 1 is 0.895 bits per heavy atom. The van der Waals surface area contributed by atoms with Gasteiger partial charge in [0.1, 0.15) is 0 Å². The van der Waals surface area contributed by atoms with Crippen molar-refractivity contribution in [3.05, 3.63) is 0 Å². The van der Waals surface area contributed by atoms with Crippen molar-refractivity contribution in [2.45, 2.75) is 53.4 Å². The van der Waals surface area contributed by atoms with Crippen LogP contribution in [0.3, 0.4) is 0 Å². The highest BCUT2D eigenvalue weighted by Gasteiger charge is 2.57. The van der Waals surface area contributed by atoms with Gasteiger partial charge < -0.3 is 9.47 Å². The predicted octanol–water partition coefficient (Wildman–Crippen LogP) is 2.95. The van der Waals surface area contributed by atoms with E-state index in [0.717, 1.165) is 25.7 Å². The first-order valence-electron chi connectivity index (χ1n) is 7.43. The highest BCUT2D eigenvalue weighted by atomic mass is 16.5. The third-order valence-corrected chi connectivity index (χ3v) is 3.96. The highest BCUT2D eigenvalue weighted by Crippen LogP contribution is 2.61. The van der Waals surface area contributed by atoms with Gasteiger partial charge in [-0.3, -0.25) is 9.59 Å². The molecular weight excluding hydrogens is 244 g/mol. The highest BCUT2D eigenvalue weighted by molar-refractivity contribution is 5.76. The van der Waals surface area contributed by atoms with Crippen molar-refractivity contribution in [2.24, 2.45) is 17.3 Å². The van der Waals surface area contributed by atoms with Crippen LogP contribution in [0.15, 0.2) is 0 Å². The van der Waals surface area contributed by atoms with E-state index in [9.17, 15) is 9.59 Å². The van der Waals surface area contributed by atoms with Crippen LogP contribution in [0.4, 0.5) is 0 Å². The molecule has 0 radical (unpaired) electrons. The van der Waals surface area contributed by atoms with Crippen LogP contribution in [-0.4, -0.2) is 25.2 Å². The summed E-state index contributed by atoms with van der Waals surface area (Å²) in [6.07, 6.45) is 3.56. The van der Waals surface area contributed by atoms with Gasteiger partial charge in [0.2, 0.25) is 0 Å². The van der Waals surface area contributed by atoms with Gasteiger partial charge in [0, 0.05) is 0 Å². The lowest BCUT2D eigenvalue weighted by Crippen LogP contribution is -2.52. The number of hydrogen-bond acceptors (Lipinski definition) is 4. The topological polar surface area (TPSA) is 52.6 Å². The number of carbonyl (C=O) groups excluding carboxylic acids is 2. The van der Waals surface area contributed by atoms with Crippen molar-refractivity contribution in [2.75, 3.05) is 13.2 Å². The molecule has 19 heavy (non-hydrogen) atoms. The minimum Gasteiger partial charge on any atom is -0.466 e. The molecule has 0 aromatic rings. The van der Waals surface area contributed by atoms with E-state index >= 15 is 0 Å². The average molecular weight is 270 g/mol. The molecule has 110 valence electrons. The molecule has 0 atom stereocenters. The lowest BCUT2D eigenvalue weighted by molar-refractivity contribution is -0.173. The number of carbonyl (C=O) groups is 2. The molecule has 2 rings (SSSR count). The van der Waals surface area contributed by atoms with Crippen molar-refractivity contribution in [3.8, 4) is 0 Å². The zero-order valence-electron chi connectivity index (χ0n) is 12.5. The van der Waals surface area contributed by atoms with Gasteiger partial charge in [-0.1, -0.05) is 13.8 Å². The molecule has 4 heteroatoms. The summed E-state index contributed by atoms with van der Waals surface area (Å²) in [5, 5.41) is 0. The Kier molecular flexibility index (Phi) is 5.83. The van der Waals surface area contributed by atoms with E-state index in [4.69, 9.17) is 9.47 Å². The summed E-state index contributed by atoms with van der Waals surface area (Å²) in [7, 11) is 0. The van der Waals surface area contributed by atoms with Crippen molar-refractivity contribution in [3.63, 3.8) is 0 Å². The van der Waals surface area contributed by atoms with Crippen LogP contribution in [0.1, 0.15) is 53.4 Å². The molecule has 0 amide bonds. The standard InChI is InChI=1S/C13H20O4.C2H6/c1-3-16-11(14)9-5-13(6-9)7-10(8-13)12(15)17-4-2;1-2/h9-10H,3-8H2,1-2H3;1-2H3. The van der Waals surface area contributed by atoms with Crippen LogP contribution >= 0.6 is 0 Å². The maximum Gasteiger partial charge on any atom is 0.308 e. The number of rotatable bonds is 4. The molecule has 0 bridgehead atoms. The fraction of sp³-hybridized carbons (Fsp3) is 0.867. The number of hydrogen-bond donors (Lipinski definition) is 0. The van der Waals surface area contributed by atoms with E-state index in [2.05, 4.69) is 0 Å². The summed E-state index contributed by atoms with van der Waals surface area (Å²) in [6.45, 7) is 8.56. The van der Waals surface area contributed by atoms with Gasteiger partial charge in [0.05, 0.1) is 25.0 Å². The fourth-order valence-corrected chi connectivity index (χ4v) is 3.16. The van der Waals surface area contributed by atoms with Gasteiger partial charge in [-0.15, -0.1) is 0 Å². The SMILES string of the molecule is CC.CCOC(=O)C1CC2(C1)CC(C(=O)OCC)C2. The second-order valence-corrected chi connectivity index (χ2v) is 5.21. The Labute approximate surface area is 115 Å². The lowest BCUT2D eigenvalue weighted by atomic mass is 9.48. The number of esters is 2. The van der Waals surface area contributed by atoms with Gasteiger partial charge in [-0.2, -0.15) is 0 Å². The van der Waals surface area contributed by atoms with Gasteiger partial charge >= 0.3 is 11.9 Å². The molecule has 2 aliphatic carbocycles. The molecule has 0 unspecified atom stereocenters. The summed E-state index contributed by atoms with van der Waals surface area (Å²) in [6, 6.07) is 0. The number of ether oxygens (including phenoxy) is 2. The van der Waals surface area contributed by atoms with Gasteiger partial charge in [0.25, 0.3) is 0 Å². The van der Waals surface area contributed by atoms with Gasteiger partial charge in [-0.05, 0) is 44.9 Å². The fourth-order valence-electron chi connectivity index (χ4n) is 3.16. The minimum atomic E-state index is -0.0716. The molecule has 1 spiro atoms. The van der Waals surface area contributed by atoms with Crippen LogP contribution in [0, 0.1) is 17.3 Å². The molecule has 2 fully saturated rings. The van der Waals surface area contributed by atoms with Crippen molar-refractivity contribution in [1.82, 2.24) is 0 Å². The lowest BCUT2D eigenvalue weighted by Gasteiger charge is -2.55. The molecule has 0 N–H and O–H groups in total. The molecule has 4 nitrogen and oxygen atoms in total. The Morgan fingerprint density at radius 2 is 1.21 bits per heavy atom. The summed E-state index contributed by atoms with van der Waals surface area (Å²) in [5.41, 5.74) is 0.245. The second-order valence-electron chi connectivity index (χ2n) is 5.21. The van der Waals surface area contributed by atoms with Gasteiger partial charge in [0.15, 0.2) is 0 Å². The molecule has 0 heterocycles. The average Bonchev–Trinajstić information content (AvgIpc) is 2.28. The van der Waals surface area contributed by atoms with Crippen molar-refractivity contribution < 1.29 is 19.1 Å². The van der Waals surface area contributed by atoms with E-state index in [1.165, 1.54) is 0 Å².